The van der Waals surface area contributed by atoms with Crippen molar-refractivity contribution in [3.63, 3.8) is 0 Å². The van der Waals surface area contributed by atoms with Crippen LogP contribution in [0.2, 0.25) is 0 Å². The molecular formula is C18H28F3IN4O2. The van der Waals surface area contributed by atoms with Gasteiger partial charge in [0.05, 0.1) is 12.2 Å². The van der Waals surface area contributed by atoms with Crippen molar-refractivity contribution in [3.05, 3.63) is 23.7 Å². The van der Waals surface area contributed by atoms with Crippen LogP contribution in [-0.2, 0) is 0 Å². The van der Waals surface area contributed by atoms with Gasteiger partial charge in [-0.25, -0.2) is 0 Å². The zero-order valence-electron chi connectivity index (χ0n) is 16.1. The van der Waals surface area contributed by atoms with E-state index in [-0.39, 0.29) is 48.8 Å². The second kappa shape index (κ2) is 11.5. The number of hydrogen-bond acceptors (Lipinski definition) is 3. The Hall–Kier alpha value is -1.46. The number of nitrogens with one attached hydrogen (secondary N) is 3. The predicted molar refractivity (Wildman–Crippen MR) is 112 cm³/mol. The zero-order valence-corrected chi connectivity index (χ0v) is 18.4. The fraction of sp³-hybridized carbons (Fsp3) is 0.667. The first-order valence-corrected chi connectivity index (χ1v) is 9.17. The first-order chi connectivity index (χ1) is 12.8. The maximum absolute atomic E-state index is 12.9. The fourth-order valence-electron chi connectivity index (χ4n) is 3.19. The largest absolute Gasteiger partial charge is 0.459 e. The van der Waals surface area contributed by atoms with E-state index in [1.54, 1.807) is 20.0 Å². The summed E-state index contributed by atoms with van der Waals surface area (Å²) in [7, 11) is 1.58. The van der Waals surface area contributed by atoms with Crippen molar-refractivity contribution in [1.29, 1.82) is 0 Å². The molecule has 6 nitrogen and oxygen atoms in total. The summed E-state index contributed by atoms with van der Waals surface area (Å²) >= 11 is 0. The lowest BCUT2D eigenvalue weighted by molar-refractivity contribution is -0.183. The van der Waals surface area contributed by atoms with Crippen molar-refractivity contribution >= 4 is 35.8 Å². The first-order valence-electron chi connectivity index (χ1n) is 9.17. The molecular weight excluding hydrogens is 488 g/mol. The molecule has 1 amide bonds. The van der Waals surface area contributed by atoms with Gasteiger partial charge in [0.15, 0.2) is 11.7 Å². The van der Waals surface area contributed by atoms with Gasteiger partial charge >= 0.3 is 6.18 Å². The number of carbonyl (C=O) groups excluding carboxylic acids is 1. The second-order valence-electron chi connectivity index (χ2n) is 6.79. The third-order valence-corrected chi connectivity index (χ3v) is 4.70. The Bertz CT molecular complexity index is 649. The van der Waals surface area contributed by atoms with E-state index in [1.807, 2.05) is 0 Å². The van der Waals surface area contributed by atoms with E-state index in [1.165, 1.54) is 6.26 Å². The fourth-order valence-corrected chi connectivity index (χ4v) is 3.19. The van der Waals surface area contributed by atoms with Gasteiger partial charge in [-0.3, -0.25) is 9.79 Å². The summed E-state index contributed by atoms with van der Waals surface area (Å²) < 4.78 is 43.8. The number of amides is 1. The van der Waals surface area contributed by atoms with Crippen molar-refractivity contribution in [2.45, 2.75) is 51.2 Å². The summed E-state index contributed by atoms with van der Waals surface area (Å²) in [6.07, 6.45) is -0.506. The number of nitrogens with zero attached hydrogens (tertiary/aromatic N) is 1. The summed E-state index contributed by atoms with van der Waals surface area (Å²) in [6, 6.07) is 1.49. The van der Waals surface area contributed by atoms with Crippen LogP contribution in [0.4, 0.5) is 13.2 Å². The van der Waals surface area contributed by atoms with Crippen LogP contribution in [0, 0.1) is 12.8 Å². The number of alkyl halides is 3. The highest BCUT2D eigenvalue weighted by Gasteiger charge is 2.42. The van der Waals surface area contributed by atoms with Gasteiger partial charge in [0.2, 0.25) is 0 Å². The van der Waals surface area contributed by atoms with E-state index < -0.39 is 12.1 Å². The molecule has 0 radical (unpaired) electrons. The van der Waals surface area contributed by atoms with Crippen LogP contribution in [0.1, 0.15) is 48.2 Å². The van der Waals surface area contributed by atoms with E-state index >= 15 is 0 Å². The van der Waals surface area contributed by atoms with Crippen LogP contribution in [0.3, 0.4) is 0 Å². The summed E-state index contributed by atoms with van der Waals surface area (Å²) in [5.74, 6) is -0.726. The van der Waals surface area contributed by atoms with Gasteiger partial charge in [-0.15, -0.1) is 24.0 Å². The first kappa shape index (κ1) is 24.6. The molecule has 1 saturated carbocycles. The van der Waals surface area contributed by atoms with E-state index in [4.69, 9.17) is 4.42 Å². The predicted octanol–water partition coefficient (Wildman–Crippen LogP) is 3.61. The molecule has 1 heterocycles. The minimum absolute atomic E-state index is 0. The molecule has 2 rings (SSSR count). The number of guanidine groups is 1. The van der Waals surface area contributed by atoms with Gasteiger partial charge in [0.1, 0.15) is 0 Å². The van der Waals surface area contributed by atoms with Crippen LogP contribution in [0.25, 0.3) is 0 Å². The number of halogens is 4. The molecule has 0 spiro atoms. The number of rotatable bonds is 6. The Balaban J connectivity index is 0.00000392. The molecule has 1 aromatic rings. The highest BCUT2D eigenvalue weighted by atomic mass is 127. The highest BCUT2D eigenvalue weighted by Crippen LogP contribution is 2.37. The Morgan fingerprint density at radius 3 is 2.61 bits per heavy atom. The smallest absolute Gasteiger partial charge is 0.391 e. The Kier molecular flexibility index (Phi) is 10.1. The standard InChI is InChI=1S/C18H27F3N4O2.HI/c1-12-7-10-27-15(12)16(26)23-8-4-9-24-17(22-2)25-14-6-3-5-13(11-14)18(19,20)21;/h7,10,13-14H,3-6,8-9,11H2,1-2H3,(H,23,26)(H2,22,24,25);1H. The Labute approximate surface area is 180 Å². The number of aryl methyl sites for hydroxylation is 1. The summed E-state index contributed by atoms with van der Waals surface area (Å²) in [6.45, 7) is 2.78. The summed E-state index contributed by atoms with van der Waals surface area (Å²) in [5.41, 5.74) is 0.778. The highest BCUT2D eigenvalue weighted by molar-refractivity contribution is 14.0. The molecule has 0 aliphatic heterocycles. The monoisotopic (exact) mass is 516 g/mol. The topological polar surface area (TPSA) is 78.7 Å². The van der Waals surface area contributed by atoms with Gasteiger partial charge in [-0.05, 0) is 38.7 Å². The van der Waals surface area contributed by atoms with Crippen LogP contribution in [0.15, 0.2) is 21.7 Å². The van der Waals surface area contributed by atoms with Crippen LogP contribution < -0.4 is 16.0 Å². The number of carbonyl (C=O) groups is 1. The average Bonchev–Trinajstić information content (AvgIpc) is 3.06. The van der Waals surface area contributed by atoms with Crippen molar-refractivity contribution in [1.82, 2.24) is 16.0 Å². The molecule has 0 saturated heterocycles. The molecule has 160 valence electrons. The molecule has 1 aliphatic rings. The molecule has 28 heavy (non-hydrogen) atoms. The van der Waals surface area contributed by atoms with Crippen molar-refractivity contribution < 1.29 is 22.4 Å². The van der Waals surface area contributed by atoms with E-state index in [9.17, 15) is 18.0 Å². The second-order valence-corrected chi connectivity index (χ2v) is 6.79. The number of aliphatic imine (C=N–C) groups is 1. The van der Waals surface area contributed by atoms with Gasteiger partial charge < -0.3 is 20.4 Å². The number of hydrogen-bond donors (Lipinski definition) is 3. The van der Waals surface area contributed by atoms with Crippen LogP contribution in [0.5, 0.6) is 0 Å². The Morgan fingerprint density at radius 2 is 2.00 bits per heavy atom. The molecule has 0 aromatic carbocycles. The van der Waals surface area contributed by atoms with Gasteiger partial charge in [-0.2, -0.15) is 13.2 Å². The van der Waals surface area contributed by atoms with Crippen molar-refractivity contribution in [2.24, 2.45) is 10.9 Å². The van der Waals surface area contributed by atoms with Gasteiger partial charge in [0, 0.05) is 31.7 Å². The average molecular weight is 516 g/mol. The van der Waals surface area contributed by atoms with Gasteiger partial charge in [0.25, 0.3) is 5.91 Å². The van der Waals surface area contributed by atoms with E-state index in [0.29, 0.717) is 44.1 Å². The molecule has 1 fully saturated rings. The normalized spacial score (nSPS) is 20.2. The van der Waals surface area contributed by atoms with E-state index in [0.717, 1.165) is 5.56 Å². The van der Waals surface area contributed by atoms with Crippen LogP contribution >= 0.6 is 24.0 Å². The van der Waals surface area contributed by atoms with Crippen LogP contribution in [-0.4, -0.2) is 44.2 Å². The molecule has 1 aromatic heterocycles. The molecule has 0 bridgehead atoms. The molecule has 2 atom stereocenters. The lowest BCUT2D eigenvalue weighted by Gasteiger charge is -2.31. The van der Waals surface area contributed by atoms with Crippen molar-refractivity contribution in [3.8, 4) is 0 Å². The summed E-state index contributed by atoms with van der Waals surface area (Å²) in [5, 5.41) is 8.91. The van der Waals surface area contributed by atoms with Gasteiger partial charge in [-0.1, -0.05) is 6.42 Å². The maximum atomic E-state index is 12.9. The third-order valence-electron chi connectivity index (χ3n) is 4.70. The Morgan fingerprint density at radius 1 is 1.29 bits per heavy atom. The van der Waals surface area contributed by atoms with E-state index in [2.05, 4.69) is 20.9 Å². The molecule has 2 unspecified atom stereocenters. The third kappa shape index (κ3) is 7.51. The molecule has 1 aliphatic carbocycles. The minimum Gasteiger partial charge on any atom is -0.459 e. The summed E-state index contributed by atoms with van der Waals surface area (Å²) in [4.78, 5) is 16.0. The quantitative estimate of drug-likeness (QED) is 0.234. The molecule has 10 heteroatoms. The zero-order chi connectivity index (χ0) is 19.9. The lowest BCUT2D eigenvalue weighted by atomic mass is 9.85. The molecule has 3 N–H and O–H groups in total. The minimum atomic E-state index is -4.14. The number of furan rings is 1. The SMILES string of the molecule is CN=C(NCCCNC(=O)c1occc1C)NC1CCCC(C(F)(F)F)C1.I. The van der Waals surface area contributed by atoms with Crippen molar-refractivity contribution in [2.75, 3.05) is 20.1 Å². The lowest BCUT2D eigenvalue weighted by Crippen LogP contribution is -2.47. The maximum Gasteiger partial charge on any atom is 0.391 e.